The van der Waals surface area contributed by atoms with Gasteiger partial charge in [0.25, 0.3) is 0 Å². The zero-order chi connectivity index (χ0) is 16.8. The van der Waals surface area contributed by atoms with Crippen molar-refractivity contribution in [3.05, 3.63) is 22.4 Å². The van der Waals surface area contributed by atoms with E-state index in [-0.39, 0.29) is 24.0 Å². The molecule has 0 radical (unpaired) electrons. The second kappa shape index (κ2) is 10.7. The molecule has 142 valence electrons. The Labute approximate surface area is 174 Å². The monoisotopic (exact) mass is 476 g/mol. The van der Waals surface area contributed by atoms with Crippen molar-refractivity contribution >= 4 is 41.3 Å². The minimum absolute atomic E-state index is 0. The highest BCUT2D eigenvalue weighted by atomic mass is 127. The van der Waals surface area contributed by atoms with Crippen molar-refractivity contribution in [3.8, 4) is 0 Å². The molecular formula is C19H33IN4S. The summed E-state index contributed by atoms with van der Waals surface area (Å²) in [6.45, 7) is 9.28. The maximum Gasteiger partial charge on any atom is 0.193 e. The molecule has 2 fully saturated rings. The van der Waals surface area contributed by atoms with E-state index in [9.17, 15) is 0 Å². The van der Waals surface area contributed by atoms with Crippen molar-refractivity contribution in [1.82, 2.24) is 15.1 Å². The van der Waals surface area contributed by atoms with Crippen molar-refractivity contribution in [3.63, 3.8) is 0 Å². The van der Waals surface area contributed by atoms with Crippen molar-refractivity contribution in [2.45, 2.75) is 39.2 Å². The van der Waals surface area contributed by atoms with E-state index in [0.29, 0.717) is 0 Å². The molecule has 0 amide bonds. The molecule has 0 saturated carbocycles. The first-order valence-electron chi connectivity index (χ1n) is 9.45. The number of aliphatic imine (C=N–C) groups is 1. The lowest BCUT2D eigenvalue weighted by molar-refractivity contribution is 0.168. The number of guanidine groups is 1. The third kappa shape index (κ3) is 6.40. The number of hydrogen-bond donors (Lipinski definition) is 1. The van der Waals surface area contributed by atoms with Gasteiger partial charge in [0.05, 0.1) is 0 Å². The summed E-state index contributed by atoms with van der Waals surface area (Å²) in [4.78, 5) is 11.1. The van der Waals surface area contributed by atoms with Gasteiger partial charge in [-0.25, -0.2) is 0 Å². The van der Waals surface area contributed by atoms with E-state index >= 15 is 0 Å². The first-order valence-corrected chi connectivity index (χ1v) is 10.3. The summed E-state index contributed by atoms with van der Waals surface area (Å²) in [5.74, 6) is 2.71. The van der Waals surface area contributed by atoms with Gasteiger partial charge in [0, 0.05) is 44.6 Å². The summed E-state index contributed by atoms with van der Waals surface area (Å²) in [5, 5.41) is 5.84. The lowest BCUT2D eigenvalue weighted by Crippen LogP contribution is -2.48. The molecular weight excluding hydrogens is 443 g/mol. The van der Waals surface area contributed by atoms with Gasteiger partial charge in [-0.1, -0.05) is 13.0 Å². The predicted octanol–water partition coefficient (Wildman–Crippen LogP) is 3.89. The molecule has 3 rings (SSSR count). The van der Waals surface area contributed by atoms with Crippen LogP contribution in [0.3, 0.4) is 0 Å². The average Bonchev–Trinajstić information content (AvgIpc) is 3.10. The minimum Gasteiger partial charge on any atom is -0.356 e. The number of hydrogen-bond acceptors (Lipinski definition) is 3. The molecule has 0 bridgehead atoms. The van der Waals surface area contributed by atoms with Gasteiger partial charge >= 0.3 is 0 Å². The van der Waals surface area contributed by atoms with Crippen molar-refractivity contribution in [2.75, 3.05) is 39.8 Å². The molecule has 1 atom stereocenters. The maximum absolute atomic E-state index is 4.52. The highest BCUT2D eigenvalue weighted by Gasteiger charge is 2.22. The van der Waals surface area contributed by atoms with Crippen LogP contribution in [-0.2, 0) is 6.54 Å². The summed E-state index contributed by atoms with van der Waals surface area (Å²) in [7, 11) is 1.92. The first-order chi connectivity index (χ1) is 11.7. The Bertz CT molecular complexity index is 512. The van der Waals surface area contributed by atoms with Gasteiger partial charge < -0.3 is 10.2 Å². The van der Waals surface area contributed by atoms with Gasteiger partial charge in [0.2, 0.25) is 0 Å². The normalized spacial score (nSPS) is 23.4. The van der Waals surface area contributed by atoms with Gasteiger partial charge in [0.1, 0.15) is 0 Å². The fourth-order valence-corrected chi connectivity index (χ4v) is 4.62. The van der Waals surface area contributed by atoms with E-state index in [4.69, 9.17) is 0 Å². The van der Waals surface area contributed by atoms with Gasteiger partial charge in [-0.05, 0) is 55.5 Å². The number of piperidine rings is 2. The van der Waals surface area contributed by atoms with Gasteiger partial charge in [-0.15, -0.1) is 35.3 Å². The lowest BCUT2D eigenvalue weighted by Gasteiger charge is -2.35. The van der Waals surface area contributed by atoms with E-state index < -0.39 is 0 Å². The number of rotatable bonds is 4. The molecule has 2 aliphatic rings. The average molecular weight is 476 g/mol. The van der Waals surface area contributed by atoms with Crippen LogP contribution in [0.15, 0.2) is 22.5 Å². The molecule has 3 heterocycles. The van der Waals surface area contributed by atoms with Crippen LogP contribution in [0.2, 0.25) is 0 Å². The molecule has 4 nitrogen and oxygen atoms in total. The topological polar surface area (TPSA) is 30.9 Å². The molecule has 1 aromatic heterocycles. The van der Waals surface area contributed by atoms with Crippen molar-refractivity contribution in [1.29, 1.82) is 0 Å². The minimum atomic E-state index is 0. The Morgan fingerprint density at radius 1 is 1.28 bits per heavy atom. The molecule has 1 unspecified atom stereocenters. The Hall–Kier alpha value is -0.340. The molecule has 0 spiro atoms. The molecule has 1 N–H and O–H groups in total. The van der Waals surface area contributed by atoms with Crippen LogP contribution >= 0.6 is 35.3 Å². The quantitative estimate of drug-likeness (QED) is 0.407. The summed E-state index contributed by atoms with van der Waals surface area (Å²) >= 11 is 1.88. The largest absolute Gasteiger partial charge is 0.356 e. The first kappa shape index (κ1) is 21.0. The Morgan fingerprint density at radius 2 is 2.08 bits per heavy atom. The van der Waals surface area contributed by atoms with Crippen LogP contribution in [0.1, 0.15) is 37.5 Å². The van der Waals surface area contributed by atoms with E-state index in [1.54, 1.807) is 0 Å². The van der Waals surface area contributed by atoms with Gasteiger partial charge in [-0.3, -0.25) is 9.89 Å². The van der Waals surface area contributed by atoms with E-state index in [1.165, 1.54) is 43.6 Å². The predicted molar refractivity (Wildman–Crippen MR) is 119 cm³/mol. The molecule has 2 aliphatic heterocycles. The Morgan fingerprint density at radius 3 is 2.76 bits per heavy atom. The van der Waals surface area contributed by atoms with E-state index in [0.717, 1.165) is 44.0 Å². The number of nitrogens with one attached hydrogen (secondary N) is 1. The third-order valence-electron chi connectivity index (χ3n) is 5.41. The highest BCUT2D eigenvalue weighted by Crippen LogP contribution is 2.20. The second-order valence-electron chi connectivity index (χ2n) is 7.42. The molecule has 0 aliphatic carbocycles. The fraction of sp³-hybridized carbons (Fsp3) is 0.737. The SMILES string of the molecule is CN=C(NCC1CCCN(Cc2cccs2)C1)N1CCC(C)CC1.I. The van der Waals surface area contributed by atoms with Crippen LogP contribution < -0.4 is 5.32 Å². The summed E-state index contributed by atoms with van der Waals surface area (Å²) < 4.78 is 0. The van der Waals surface area contributed by atoms with Gasteiger partial charge in [0.15, 0.2) is 5.96 Å². The van der Waals surface area contributed by atoms with Crippen LogP contribution in [0.4, 0.5) is 0 Å². The Balaban J connectivity index is 0.00000225. The zero-order valence-electron chi connectivity index (χ0n) is 15.6. The zero-order valence-corrected chi connectivity index (χ0v) is 18.8. The van der Waals surface area contributed by atoms with Crippen molar-refractivity contribution in [2.24, 2.45) is 16.8 Å². The maximum atomic E-state index is 4.52. The smallest absolute Gasteiger partial charge is 0.193 e. The summed E-state index contributed by atoms with van der Waals surface area (Å²) in [6.07, 6.45) is 5.23. The molecule has 1 aromatic rings. The van der Waals surface area contributed by atoms with Crippen LogP contribution in [0, 0.1) is 11.8 Å². The standard InChI is InChI=1S/C19H32N4S.HI/c1-16-7-10-23(11-8-16)19(20-2)21-13-17-5-3-9-22(14-17)15-18-6-4-12-24-18;/h4,6,12,16-17H,3,5,7-11,13-15H2,1-2H3,(H,20,21);1H. The van der Waals surface area contributed by atoms with E-state index in [1.807, 2.05) is 18.4 Å². The summed E-state index contributed by atoms with van der Waals surface area (Å²) in [6, 6.07) is 4.41. The molecule has 0 aromatic carbocycles. The van der Waals surface area contributed by atoms with Crippen molar-refractivity contribution < 1.29 is 0 Å². The molecule has 6 heteroatoms. The Kier molecular flexibility index (Phi) is 8.99. The molecule has 25 heavy (non-hydrogen) atoms. The third-order valence-corrected chi connectivity index (χ3v) is 6.27. The second-order valence-corrected chi connectivity index (χ2v) is 8.45. The van der Waals surface area contributed by atoms with Gasteiger partial charge in [-0.2, -0.15) is 0 Å². The van der Waals surface area contributed by atoms with E-state index in [2.05, 4.69) is 44.5 Å². The van der Waals surface area contributed by atoms with Crippen LogP contribution in [-0.4, -0.2) is 55.5 Å². The fourth-order valence-electron chi connectivity index (χ4n) is 3.87. The number of likely N-dealkylation sites (tertiary alicyclic amines) is 2. The van der Waals surface area contributed by atoms with Crippen LogP contribution in [0.5, 0.6) is 0 Å². The number of thiophene rings is 1. The molecule has 2 saturated heterocycles. The lowest BCUT2D eigenvalue weighted by atomic mass is 9.97. The van der Waals surface area contributed by atoms with Crippen LogP contribution in [0.25, 0.3) is 0 Å². The summed E-state index contributed by atoms with van der Waals surface area (Å²) in [5.41, 5.74) is 0. The number of nitrogens with zero attached hydrogens (tertiary/aromatic N) is 3. The highest BCUT2D eigenvalue weighted by molar-refractivity contribution is 14.0. The number of halogens is 1.